The van der Waals surface area contributed by atoms with Gasteiger partial charge in [0.1, 0.15) is 5.56 Å². The van der Waals surface area contributed by atoms with Crippen LogP contribution in [0.5, 0.6) is 0 Å². The van der Waals surface area contributed by atoms with Crippen LogP contribution < -0.4 is 0 Å². The van der Waals surface area contributed by atoms with E-state index in [0.29, 0.717) is 12.3 Å². The van der Waals surface area contributed by atoms with Crippen LogP contribution in [0.2, 0.25) is 0 Å². The van der Waals surface area contributed by atoms with Crippen molar-refractivity contribution in [2.75, 3.05) is 0 Å². The number of rotatable bonds is 1. The second-order valence-electron chi connectivity index (χ2n) is 3.97. The molecule has 0 unspecified atom stereocenters. The number of halogens is 9. The molecule has 1 aromatic heterocycles. The fraction of sp³-hybridized carbons (Fsp3) is 0.0833. The maximum absolute atomic E-state index is 13.6. The van der Waals surface area contributed by atoms with Gasteiger partial charge in [-0.25, -0.2) is 26.9 Å². The first kappa shape index (κ1) is 16.1. The highest BCUT2D eigenvalue weighted by molar-refractivity contribution is 5.69. The molecule has 0 aliphatic heterocycles. The monoisotopic (exact) mass is 331 g/mol. The van der Waals surface area contributed by atoms with Crippen molar-refractivity contribution < 1.29 is 39.5 Å². The molecule has 1 nitrogen and oxygen atoms in total. The van der Waals surface area contributed by atoms with E-state index in [1.54, 1.807) is 0 Å². The SMILES string of the molecule is Fc1nccc(-c2c(F)c(F)c(F)c(F)c2F)c1C(F)(F)F. The zero-order valence-electron chi connectivity index (χ0n) is 10.0. The summed E-state index contributed by atoms with van der Waals surface area (Å²) in [4.78, 5) is 2.66. The smallest absolute Gasteiger partial charge is 0.228 e. The van der Waals surface area contributed by atoms with Crippen molar-refractivity contribution in [1.29, 1.82) is 0 Å². The Kier molecular flexibility index (Phi) is 3.80. The Bertz CT molecular complexity index is 722. The molecule has 0 saturated carbocycles. The molecule has 2 aromatic rings. The molecule has 0 bridgehead atoms. The van der Waals surface area contributed by atoms with Gasteiger partial charge in [-0.1, -0.05) is 0 Å². The van der Waals surface area contributed by atoms with E-state index in [0.717, 1.165) is 0 Å². The summed E-state index contributed by atoms with van der Waals surface area (Å²) in [6.45, 7) is 0. The third kappa shape index (κ3) is 2.38. The normalized spacial score (nSPS) is 11.9. The van der Waals surface area contributed by atoms with Gasteiger partial charge in [0, 0.05) is 11.8 Å². The van der Waals surface area contributed by atoms with Crippen molar-refractivity contribution >= 4 is 0 Å². The number of benzene rings is 1. The van der Waals surface area contributed by atoms with Gasteiger partial charge in [-0.05, 0) is 6.07 Å². The first-order valence-corrected chi connectivity index (χ1v) is 5.30. The van der Waals surface area contributed by atoms with Crippen LogP contribution in [0.3, 0.4) is 0 Å². The van der Waals surface area contributed by atoms with E-state index in [-0.39, 0.29) is 0 Å². The second-order valence-corrected chi connectivity index (χ2v) is 3.97. The van der Waals surface area contributed by atoms with Gasteiger partial charge in [0.2, 0.25) is 11.8 Å². The van der Waals surface area contributed by atoms with Crippen molar-refractivity contribution in [3.8, 4) is 11.1 Å². The Hall–Kier alpha value is -2.26. The topological polar surface area (TPSA) is 12.9 Å². The van der Waals surface area contributed by atoms with Gasteiger partial charge < -0.3 is 0 Å². The minimum absolute atomic E-state index is 0.296. The van der Waals surface area contributed by atoms with Crippen LogP contribution in [0.4, 0.5) is 39.5 Å². The van der Waals surface area contributed by atoms with E-state index in [9.17, 15) is 39.5 Å². The Balaban J connectivity index is 2.94. The van der Waals surface area contributed by atoms with E-state index < -0.39 is 57.9 Å². The maximum atomic E-state index is 13.6. The molecule has 1 heterocycles. The highest BCUT2D eigenvalue weighted by atomic mass is 19.4. The predicted octanol–water partition coefficient (Wildman–Crippen LogP) is 4.60. The molecule has 0 aliphatic rings. The van der Waals surface area contributed by atoms with E-state index in [2.05, 4.69) is 4.98 Å². The van der Waals surface area contributed by atoms with Crippen LogP contribution in [-0.2, 0) is 6.18 Å². The molecule has 0 spiro atoms. The molecule has 1 aromatic carbocycles. The zero-order chi connectivity index (χ0) is 16.8. The van der Waals surface area contributed by atoms with Crippen LogP contribution in [0.25, 0.3) is 11.1 Å². The first-order valence-electron chi connectivity index (χ1n) is 5.30. The predicted molar refractivity (Wildman–Crippen MR) is 54.4 cm³/mol. The average molecular weight is 331 g/mol. The minimum Gasteiger partial charge on any atom is -0.228 e. The fourth-order valence-corrected chi connectivity index (χ4v) is 1.76. The Morgan fingerprint density at radius 2 is 1.18 bits per heavy atom. The molecular formula is C12H2F9N. The number of hydrogen-bond donors (Lipinski definition) is 0. The molecule has 22 heavy (non-hydrogen) atoms. The standard InChI is InChI=1S/C12H2F9N/c13-6-4(7(14)9(16)10(17)8(6)15)3-1-2-22-11(18)5(3)12(19,20)21/h1-2H. The molecule has 0 atom stereocenters. The Morgan fingerprint density at radius 3 is 1.64 bits per heavy atom. The fourth-order valence-electron chi connectivity index (χ4n) is 1.76. The van der Waals surface area contributed by atoms with Crippen molar-refractivity contribution in [3.05, 3.63) is 52.9 Å². The largest absolute Gasteiger partial charge is 0.421 e. The number of pyridine rings is 1. The van der Waals surface area contributed by atoms with E-state index in [1.807, 2.05) is 0 Å². The quantitative estimate of drug-likeness (QED) is 0.322. The van der Waals surface area contributed by atoms with Crippen molar-refractivity contribution in [3.63, 3.8) is 0 Å². The Morgan fingerprint density at radius 1 is 0.727 bits per heavy atom. The molecule has 118 valence electrons. The molecule has 0 aliphatic carbocycles. The molecule has 0 radical (unpaired) electrons. The Labute approximate surface area is 116 Å². The van der Waals surface area contributed by atoms with Crippen LogP contribution in [-0.4, -0.2) is 4.98 Å². The van der Waals surface area contributed by atoms with Gasteiger partial charge in [0.05, 0.1) is 5.56 Å². The number of alkyl halides is 3. The van der Waals surface area contributed by atoms with E-state index in [4.69, 9.17) is 0 Å². The summed E-state index contributed by atoms with van der Waals surface area (Å²) < 4.78 is 118. The molecule has 0 N–H and O–H groups in total. The van der Waals surface area contributed by atoms with Crippen molar-refractivity contribution in [2.24, 2.45) is 0 Å². The number of aromatic nitrogens is 1. The summed E-state index contributed by atoms with van der Waals surface area (Å²) in [5.74, 6) is -14.6. The lowest BCUT2D eigenvalue weighted by Crippen LogP contribution is -2.14. The number of hydrogen-bond acceptors (Lipinski definition) is 1. The molecule has 0 saturated heterocycles. The summed E-state index contributed by atoms with van der Waals surface area (Å²) in [6.07, 6.45) is -5.06. The lowest BCUT2D eigenvalue weighted by molar-refractivity contribution is -0.139. The van der Waals surface area contributed by atoms with Gasteiger partial charge >= 0.3 is 6.18 Å². The van der Waals surface area contributed by atoms with Crippen LogP contribution in [0.15, 0.2) is 12.3 Å². The molecule has 0 amide bonds. The van der Waals surface area contributed by atoms with Crippen molar-refractivity contribution in [2.45, 2.75) is 6.18 Å². The zero-order valence-corrected chi connectivity index (χ0v) is 10.0. The summed E-state index contributed by atoms with van der Waals surface area (Å²) >= 11 is 0. The van der Waals surface area contributed by atoms with Gasteiger partial charge in [-0.3, -0.25) is 0 Å². The van der Waals surface area contributed by atoms with E-state index >= 15 is 0 Å². The number of nitrogens with zero attached hydrogens (tertiary/aromatic N) is 1. The molecular weight excluding hydrogens is 329 g/mol. The minimum atomic E-state index is -5.46. The molecule has 10 heteroatoms. The average Bonchev–Trinajstić information content (AvgIpc) is 2.42. The lowest BCUT2D eigenvalue weighted by Gasteiger charge is -2.15. The van der Waals surface area contributed by atoms with Gasteiger partial charge in [0.15, 0.2) is 23.3 Å². The summed E-state index contributed by atoms with van der Waals surface area (Å²) in [7, 11) is 0. The van der Waals surface area contributed by atoms with Crippen LogP contribution in [0, 0.1) is 35.0 Å². The summed E-state index contributed by atoms with van der Waals surface area (Å²) in [6, 6.07) is 0.296. The van der Waals surface area contributed by atoms with Crippen LogP contribution in [0.1, 0.15) is 5.56 Å². The van der Waals surface area contributed by atoms with E-state index in [1.165, 1.54) is 0 Å². The molecule has 0 fully saturated rings. The third-order valence-electron chi connectivity index (χ3n) is 2.67. The lowest BCUT2D eigenvalue weighted by atomic mass is 9.99. The highest BCUT2D eigenvalue weighted by Crippen LogP contribution is 2.41. The second kappa shape index (κ2) is 5.18. The summed E-state index contributed by atoms with van der Waals surface area (Å²) in [5, 5.41) is 0. The van der Waals surface area contributed by atoms with Crippen LogP contribution >= 0.6 is 0 Å². The van der Waals surface area contributed by atoms with Crippen molar-refractivity contribution in [1.82, 2.24) is 4.98 Å². The maximum Gasteiger partial charge on any atom is 0.421 e. The van der Waals surface area contributed by atoms with Gasteiger partial charge in [0.25, 0.3) is 0 Å². The van der Waals surface area contributed by atoms with Gasteiger partial charge in [-0.15, -0.1) is 0 Å². The first-order chi connectivity index (χ1) is 10.1. The highest BCUT2D eigenvalue weighted by Gasteiger charge is 2.40. The summed E-state index contributed by atoms with van der Waals surface area (Å²) in [5.41, 5.74) is -5.67. The third-order valence-corrected chi connectivity index (χ3v) is 2.67. The van der Waals surface area contributed by atoms with Gasteiger partial charge in [-0.2, -0.15) is 17.6 Å². The molecule has 2 rings (SSSR count).